The summed E-state index contributed by atoms with van der Waals surface area (Å²) in [5, 5.41) is 1.16. The van der Waals surface area contributed by atoms with Gasteiger partial charge in [-0.3, -0.25) is 0 Å². The number of aryl methyl sites for hydroxylation is 1. The number of hydrogen-bond acceptors (Lipinski definition) is 2. The summed E-state index contributed by atoms with van der Waals surface area (Å²) in [4.78, 5) is 4.81. The molecule has 25 heavy (non-hydrogen) atoms. The summed E-state index contributed by atoms with van der Waals surface area (Å²) in [5.74, 6) is 0.815. The van der Waals surface area contributed by atoms with Gasteiger partial charge >= 0.3 is 0 Å². The molecule has 4 heteroatoms. The van der Waals surface area contributed by atoms with Crippen LogP contribution in [0.2, 0.25) is 10.0 Å². The van der Waals surface area contributed by atoms with E-state index in [0.717, 1.165) is 39.4 Å². The molecule has 0 fully saturated rings. The summed E-state index contributed by atoms with van der Waals surface area (Å²) in [7, 11) is 1.65. The highest BCUT2D eigenvalue weighted by Gasteiger charge is 2.12. The second-order valence-electron chi connectivity index (χ2n) is 5.69. The first kappa shape index (κ1) is 17.5. The second kappa shape index (κ2) is 7.30. The zero-order chi connectivity index (χ0) is 18.0. The van der Waals surface area contributed by atoms with Crippen molar-refractivity contribution in [1.29, 1.82) is 0 Å². The lowest BCUT2D eigenvalue weighted by molar-refractivity contribution is 0.415. The van der Waals surface area contributed by atoms with Crippen molar-refractivity contribution in [1.82, 2.24) is 4.98 Å². The molecule has 1 aromatic heterocycles. The van der Waals surface area contributed by atoms with Crippen LogP contribution in [0.5, 0.6) is 5.75 Å². The van der Waals surface area contributed by atoms with Gasteiger partial charge in [0.25, 0.3) is 0 Å². The minimum Gasteiger partial charge on any atom is -0.497 e. The molecule has 0 spiro atoms. The number of methoxy groups -OCH3 is 1. The molecule has 0 aliphatic heterocycles. The highest BCUT2D eigenvalue weighted by Crippen LogP contribution is 2.31. The number of pyridine rings is 1. The zero-order valence-corrected chi connectivity index (χ0v) is 15.5. The number of benzene rings is 2. The van der Waals surface area contributed by atoms with E-state index < -0.39 is 0 Å². The van der Waals surface area contributed by atoms with Crippen LogP contribution in [0, 0.1) is 6.92 Å². The molecule has 0 amide bonds. The first-order valence-electron chi connectivity index (χ1n) is 7.76. The number of ether oxygens (including phenoxy) is 1. The fraction of sp³-hybridized carbons (Fsp3) is 0.0952. The monoisotopic (exact) mass is 369 g/mol. The molecule has 0 unspecified atom stereocenters. The van der Waals surface area contributed by atoms with Crippen LogP contribution in [0.25, 0.3) is 16.8 Å². The average Bonchev–Trinajstić information content (AvgIpc) is 2.62. The van der Waals surface area contributed by atoms with Crippen molar-refractivity contribution in [3.05, 3.63) is 88.0 Å². The van der Waals surface area contributed by atoms with Gasteiger partial charge in [-0.1, -0.05) is 41.9 Å². The molecule has 0 atom stereocenters. The highest BCUT2D eigenvalue weighted by atomic mass is 35.5. The SMILES string of the molecule is C=C(c1ccc(C)c(-c2ccc(OC)cc2)n1)c1ccc(Cl)cc1Cl. The predicted molar refractivity (Wildman–Crippen MR) is 106 cm³/mol. The van der Waals surface area contributed by atoms with Crippen LogP contribution in [0.1, 0.15) is 16.8 Å². The number of nitrogens with zero attached hydrogens (tertiary/aromatic N) is 1. The Bertz CT molecular complexity index is 933. The van der Waals surface area contributed by atoms with E-state index in [1.54, 1.807) is 19.2 Å². The Hall–Kier alpha value is -2.29. The third-order valence-corrected chi connectivity index (χ3v) is 4.57. The Morgan fingerprint density at radius 2 is 1.72 bits per heavy atom. The Labute approximate surface area is 157 Å². The van der Waals surface area contributed by atoms with Crippen molar-refractivity contribution in [3.8, 4) is 17.0 Å². The van der Waals surface area contributed by atoms with Gasteiger partial charge in [-0.05, 0) is 55.0 Å². The minimum atomic E-state index is 0.561. The van der Waals surface area contributed by atoms with Crippen LogP contribution in [0.4, 0.5) is 0 Å². The van der Waals surface area contributed by atoms with Gasteiger partial charge in [0.2, 0.25) is 0 Å². The Kier molecular flexibility index (Phi) is 5.12. The van der Waals surface area contributed by atoms with Crippen LogP contribution in [-0.4, -0.2) is 12.1 Å². The standard InChI is InChI=1S/C21H17Cl2NO/c1-13-4-11-20(14(2)18-10-7-16(22)12-19(18)23)24-21(13)15-5-8-17(25-3)9-6-15/h4-12H,2H2,1,3H3. The quantitative estimate of drug-likeness (QED) is 0.528. The fourth-order valence-electron chi connectivity index (χ4n) is 2.61. The molecule has 0 N–H and O–H groups in total. The van der Waals surface area contributed by atoms with E-state index >= 15 is 0 Å². The fourth-order valence-corrected chi connectivity index (χ4v) is 3.13. The summed E-state index contributed by atoms with van der Waals surface area (Å²) >= 11 is 12.3. The van der Waals surface area contributed by atoms with Crippen LogP contribution in [-0.2, 0) is 0 Å². The lowest BCUT2D eigenvalue weighted by Crippen LogP contribution is -1.96. The number of rotatable bonds is 4. The lowest BCUT2D eigenvalue weighted by Gasteiger charge is -2.12. The van der Waals surface area contributed by atoms with Gasteiger partial charge in [-0.2, -0.15) is 0 Å². The van der Waals surface area contributed by atoms with Gasteiger partial charge in [0.1, 0.15) is 5.75 Å². The van der Waals surface area contributed by atoms with E-state index in [0.29, 0.717) is 10.0 Å². The van der Waals surface area contributed by atoms with Gasteiger partial charge < -0.3 is 4.74 Å². The van der Waals surface area contributed by atoms with E-state index in [-0.39, 0.29) is 0 Å². The lowest BCUT2D eigenvalue weighted by atomic mass is 10.0. The summed E-state index contributed by atoms with van der Waals surface area (Å²) in [6, 6.07) is 17.2. The molecule has 126 valence electrons. The molecule has 3 aromatic rings. The largest absolute Gasteiger partial charge is 0.497 e. The first-order valence-corrected chi connectivity index (χ1v) is 8.52. The van der Waals surface area contributed by atoms with E-state index in [4.69, 9.17) is 32.9 Å². The number of aromatic nitrogens is 1. The van der Waals surface area contributed by atoms with Gasteiger partial charge in [0, 0.05) is 26.7 Å². The Morgan fingerprint density at radius 1 is 1.00 bits per heavy atom. The van der Waals surface area contributed by atoms with Crippen molar-refractivity contribution in [2.75, 3.05) is 7.11 Å². The molecule has 0 radical (unpaired) electrons. The van der Waals surface area contributed by atoms with Crippen molar-refractivity contribution in [2.45, 2.75) is 6.92 Å². The summed E-state index contributed by atoms with van der Waals surface area (Å²) in [6.45, 7) is 6.20. The topological polar surface area (TPSA) is 22.1 Å². The van der Waals surface area contributed by atoms with Crippen LogP contribution >= 0.6 is 23.2 Å². The molecule has 0 aliphatic carbocycles. The second-order valence-corrected chi connectivity index (χ2v) is 6.54. The van der Waals surface area contributed by atoms with Crippen molar-refractivity contribution in [3.63, 3.8) is 0 Å². The zero-order valence-electron chi connectivity index (χ0n) is 14.0. The maximum absolute atomic E-state index is 6.31. The maximum atomic E-state index is 6.31. The smallest absolute Gasteiger partial charge is 0.118 e. The third-order valence-electron chi connectivity index (χ3n) is 4.03. The average molecular weight is 370 g/mol. The van der Waals surface area contributed by atoms with E-state index in [1.807, 2.05) is 49.4 Å². The molecule has 0 aliphatic rings. The molecule has 0 saturated heterocycles. The van der Waals surface area contributed by atoms with Crippen molar-refractivity contribution in [2.24, 2.45) is 0 Å². The van der Waals surface area contributed by atoms with Crippen LogP contribution < -0.4 is 4.74 Å². The third kappa shape index (κ3) is 3.71. The first-order chi connectivity index (χ1) is 12.0. The van der Waals surface area contributed by atoms with Crippen molar-refractivity contribution >= 4 is 28.8 Å². The Balaban J connectivity index is 2.02. The van der Waals surface area contributed by atoms with Crippen LogP contribution in [0.3, 0.4) is 0 Å². The molecule has 0 saturated carbocycles. The summed E-state index contributed by atoms with van der Waals surface area (Å²) in [5.41, 5.74) is 5.38. The summed E-state index contributed by atoms with van der Waals surface area (Å²) in [6.07, 6.45) is 0. The van der Waals surface area contributed by atoms with Gasteiger partial charge in [-0.25, -0.2) is 4.98 Å². The van der Waals surface area contributed by atoms with E-state index in [9.17, 15) is 0 Å². The molecule has 1 heterocycles. The highest BCUT2D eigenvalue weighted by molar-refractivity contribution is 6.35. The van der Waals surface area contributed by atoms with Gasteiger partial charge in [0.05, 0.1) is 18.5 Å². The minimum absolute atomic E-state index is 0.561. The summed E-state index contributed by atoms with van der Waals surface area (Å²) < 4.78 is 5.22. The molecular formula is C21H17Cl2NO. The van der Waals surface area contributed by atoms with E-state index in [1.165, 1.54) is 0 Å². The van der Waals surface area contributed by atoms with Gasteiger partial charge in [0.15, 0.2) is 0 Å². The Morgan fingerprint density at radius 3 is 2.36 bits per heavy atom. The molecule has 2 nitrogen and oxygen atoms in total. The number of halogens is 2. The number of hydrogen-bond donors (Lipinski definition) is 0. The predicted octanol–water partition coefficient (Wildman–Crippen LogP) is 6.43. The molecular weight excluding hydrogens is 353 g/mol. The van der Waals surface area contributed by atoms with E-state index in [2.05, 4.69) is 6.58 Å². The van der Waals surface area contributed by atoms with Gasteiger partial charge in [-0.15, -0.1) is 0 Å². The normalized spacial score (nSPS) is 10.6. The molecule has 3 rings (SSSR count). The van der Waals surface area contributed by atoms with Crippen molar-refractivity contribution < 1.29 is 4.74 Å². The maximum Gasteiger partial charge on any atom is 0.118 e. The molecule has 0 bridgehead atoms. The van der Waals surface area contributed by atoms with Crippen LogP contribution in [0.15, 0.2) is 61.2 Å². The molecule has 2 aromatic carbocycles.